The minimum absolute atomic E-state index is 0.134. The van der Waals surface area contributed by atoms with Gasteiger partial charge < -0.3 is 20.9 Å². The number of ether oxygens (including phenoxy) is 1. The topological polar surface area (TPSA) is 204 Å². The molecule has 0 spiro atoms. The molecule has 3 fully saturated rings. The van der Waals surface area contributed by atoms with Crippen molar-refractivity contribution in [3.8, 4) is 17.1 Å². The van der Waals surface area contributed by atoms with Gasteiger partial charge in [-0.05, 0) is 43.9 Å². The van der Waals surface area contributed by atoms with Crippen LogP contribution in [0.2, 0.25) is 0 Å². The molecule has 3 aliphatic carbocycles. The summed E-state index contributed by atoms with van der Waals surface area (Å²) in [5.41, 5.74) is 7.24. The summed E-state index contributed by atoms with van der Waals surface area (Å²) in [6, 6.07) is 4.89. The van der Waals surface area contributed by atoms with E-state index >= 15 is 0 Å². The van der Waals surface area contributed by atoms with Crippen molar-refractivity contribution in [3.63, 3.8) is 0 Å². The molecule has 1 amide bonds. The van der Waals surface area contributed by atoms with E-state index in [9.17, 15) is 26.4 Å². The van der Waals surface area contributed by atoms with Gasteiger partial charge >= 0.3 is 18.2 Å². The molecule has 14 nitrogen and oxygen atoms in total. The maximum Gasteiger partial charge on any atom is 0.490 e. The Hall–Kier alpha value is -4.32. The van der Waals surface area contributed by atoms with E-state index in [1.807, 2.05) is 6.92 Å². The Morgan fingerprint density at radius 3 is 2.46 bits per heavy atom. The molecule has 18 heteroatoms. The van der Waals surface area contributed by atoms with Crippen molar-refractivity contribution in [2.75, 3.05) is 19.4 Å². The van der Waals surface area contributed by atoms with Crippen molar-refractivity contribution < 1.29 is 41.0 Å². The number of hydrogen-bond acceptors (Lipinski definition) is 10. The van der Waals surface area contributed by atoms with Crippen molar-refractivity contribution in [1.29, 1.82) is 0 Å². The number of carboxylic acid groups (broad SMARTS) is 1. The molecule has 6 rings (SSSR count). The Morgan fingerprint density at radius 2 is 1.90 bits per heavy atom. The van der Waals surface area contributed by atoms with Gasteiger partial charge in [0.25, 0.3) is 0 Å². The van der Waals surface area contributed by atoms with E-state index in [4.69, 9.17) is 20.4 Å². The highest BCUT2D eigenvalue weighted by atomic mass is 32.2. The predicted molar refractivity (Wildman–Crippen MR) is 135 cm³/mol. The number of aromatic nitrogens is 5. The first-order chi connectivity index (χ1) is 19.1. The number of alkyl carbamates (subject to hydrolysis) is 1. The van der Waals surface area contributed by atoms with Crippen molar-refractivity contribution in [3.05, 3.63) is 42.6 Å². The molecule has 2 heterocycles. The molecule has 2 bridgehead atoms. The number of hydrogen-bond donors (Lipinski definition) is 4. The van der Waals surface area contributed by atoms with E-state index < -0.39 is 33.8 Å². The van der Waals surface area contributed by atoms with E-state index in [-0.39, 0.29) is 22.7 Å². The lowest BCUT2D eigenvalue weighted by Crippen LogP contribution is -2.75. The van der Waals surface area contributed by atoms with E-state index in [0.29, 0.717) is 36.3 Å². The Bertz CT molecular complexity index is 1560. The molecular formula is C23H25F3N8O6S. The van der Waals surface area contributed by atoms with Crippen LogP contribution in [0.25, 0.3) is 17.1 Å². The van der Waals surface area contributed by atoms with Crippen LogP contribution in [-0.2, 0) is 19.6 Å². The first kappa shape index (κ1) is 29.7. The molecule has 3 saturated carbocycles. The summed E-state index contributed by atoms with van der Waals surface area (Å²) in [4.78, 5) is 33.0. The van der Waals surface area contributed by atoms with Crippen LogP contribution in [0.4, 0.5) is 23.8 Å². The lowest BCUT2D eigenvalue weighted by Gasteiger charge is -2.69. The molecule has 0 aliphatic heterocycles. The standard InChI is InChI=1S/C21H24N8O4S.C2HF3O2/c1-13-3-4-14(5-15(13)16-6-25-17(22)18(27-16)29-12-24-11-26-29)34(31,32)28-21-7-20(8-21,9-21)10-33-19(30)23-2;3-2(4,5)1(6)7/h3-6,11-12,28H,7-10H2,1-2H3,(H2,22,25)(H,23,30);(H,6,7). The second-order valence-electron chi connectivity index (χ2n) is 9.83. The summed E-state index contributed by atoms with van der Waals surface area (Å²) in [5.74, 6) is -2.28. The normalized spacial score (nSPS) is 21.0. The number of nitrogens with one attached hydrogen (secondary N) is 2. The van der Waals surface area contributed by atoms with E-state index in [0.717, 1.165) is 5.56 Å². The molecule has 220 valence electrons. The van der Waals surface area contributed by atoms with Gasteiger partial charge in [0.1, 0.15) is 12.7 Å². The van der Waals surface area contributed by atoms with Crippen molar-refractivity contribution in [1.82, 2.24) is 34.8 Å². The van der Waals surface area contributed by atoms with E-state index in [1.165, 1.54) is 30.6 Å². The average molecular weight is 599 g/mol. The molecule has 0 saturated heterocycles. The molecule has 3 aliphatic rings. The minimum atomic E-state index is -5.08. The van der Waals surface area contributed by atoms with Gasteiger partial charge in [-0.2, -0.15) is 23.0 Å². The number of sulfonamides is 1. The Kier molecular flexibility index (Phi) is 7.65. The second-order valence-corrected chi connectivity index (χ2v) is 11.5. The summed E-state index contributed by atoms with van der Waals surface area (Å²) in [6.07, 6.45) is 0.665. The molecule has 0 unspecified atom stereocenters. The fourth-order valence-electron chi connectivity index (χ4n) is 4.94. The van der Waals surface area contributed by atoms with Crippen LogP contribution < -0.4 is 15.8 Å². The van der Waals surface area contributed by atoms with Crippen LogP contribution in [0.15, 0.2) is 41.9 Å². The molecular weight excluding hydrogens is 573 g/mol. The molecule has 2 aromatic heterocycles. The molecule has 5 N–H and O–H groups in total. The number of rotatable bonds is 7. The number of carboxylic acids is 1. The lowest BCUT2D eigenvalue weighted by molar-refractivity contribution is -0.192. The smallest absolute Gasteiger partial charge is 0.475 e. The molecule has 0 atom stereocenters. The lowest BCUT2D eigenvalue weighted by atomic mass is 9.40. The number of aliphatic carboxylic acids is 1. The van der Waals surface area contributed by atoms with Gasteiger partial charge in [0.15, 0.2) is 11.6 Å². The van der Waals surface area contributed by atoms with E-state index in [2.05, 4.69) is 30.1 Å². The van der Waals surface area contributed by atoms with E-state index in [1.54, 1.807) is 18.2 Å². The number of nitrogen functional groups attached to an aromatic ring is 1. The summed E-state index contributed by atoms with van der Waals surface area (Å²) in [7, 11) is -2.28. The SMILES string of the molecule is CNC(=O)OCC12CC(NS(=O)(=O)c3ccc(C)c(-c4cnc(N)c(-n5cncn5)n4)c3)(C1)C2.O=C(O)C(F)(F)F. The van der Waals surface area contributed by atoms with Crippen LogP contribution in [0.5, 0.6) is 0 Å². The fraction of sp³-hybridized carbons (Fsp3) is 0.391. The van der Waals surface area contributed by atoms with Crippen LogP contribution in [0, 0.1) is 12.3 Å². The monoisotopic (exact) mass is 598 g/mol. The number of aryl methyl sites for hydroxylation is 1. The zero-order valence-electron chi connectivity index (χ0n) is 21.6. The number of alkyl halides is 3. The third-order valence-corrected chi connectivity index (χ3v) is 8.24. The minimum Gasteiger partial charge on any atom is -0.475 e. The summed E-state index contributed by atoms with van der Waals surface area (Å²) < 4.78 is 67.6. The van der Waals surface area contributed by atoms with Crippen LogP contribution in [0.1, 0.15) is 24.8 Å². The van der Waals surface area contributed by atoms with Gasteiger partial charge in [0.2, 0.25) is 10.0 Å². The van der Waals surface area contributed by atoms with Gasteiger partial charge in [0.05, 0.1) is 23.4 Å². The number of carbonyl (C=O) groups excluding carboxylic acids is 1. The molecule has 3 aromatic rings. The first-order valence-corrected chi connectivity index (χ1v) is 13.3. The van der Waals surface area contributed by atoms with Crippen LogP contribution in [-0.4, -0.2) is 75.7 Å². The first-order valence-electron chi connectivity index (χ1n) is 11.9. The maximum absolute atomic E-state index is 13.2. The van der Waals surface area contributed by atoms with Crippen LogP contribution in [0.3, 0.4) is 0 Å². The number of anilines is 1. The fourth-order valence-corrected chi connectivity index (χ4v) is 6.37. The van der Waals surface area contributed by atoms with Gasteiger partial charge in [-0.3, -0.25) is 0 Å². The quantitative estimate of drug-likeness (QED) is 0.309. The molecule has 1 aromatic carbocycles. The summed E-state index contributed by atoms with van der Waals surface area (Å²) >= 11 is 0. The predicted octanol–water partition coefficient (Wildman–Crippen LogP) is 1.81. The highest BCUT2D eigenvalue weighted by Crippen LogP contribution is 2.67. The largest absolute Gasteiger partial charge is 0.490 e. The number of carbonyl (C=O) groups is 2. The Labute approximate surface area is 231 Å². The van der Waals surface area contributed by atoms with Gasteiger partial charge in [-0.25, -0.2) is 37.7 Å². The van der Waals surface area contributed by atoms with Crippen molar-refractivity contribution in [2.45, 2.75) is 42.8 Å². The summed E-state index contributed by atoms with van der Waals surface area (Å²) in [5, 5.41) is 13.6. The number of halogens is 3. The zero-order valence-corrected chi connectivity index (χ0v) is 22.5. The van der Waals surface area contributed by atoms with Crippen LogP contribution >= 0.6 is 0 Å². The number of nitrogens with zero attached hydrogens (tertiary/aromatic N) is 5. The summed E-state index contributed by atoms with van der Waals surface area (Å²) in [6.45, 7) is 2.15. The number of nitrogens with two attached hydrogens (primary N) is 1. The highest BCUT2D eigenvalue weighted by molar-refractivity contribution is 7.89. The Balaban J connectivity index is 0.000000493. The van der Waals surface area contributed by atoms with Gasteiger partial charge in [-0.15, -0.1) is 0 Å². The second kappa shape index (κ2) is 10.6. The van der Waals surface area contributed by atoms with Gasteiger partial charge in [-0.1, -0.05) is 6.07 Å². The van der Waals surface area contributed by atoms with Crippen molar-refractivity contribution >= 4 is 27.9 Å². The average Bonchev–Trinajstić information content (AvgIpc) is 3.39. The van der Waals surface area contributed by atoms with Gasteiger partial charge in [0, 0.05) is 23.6 Å². The molecule has 0 radical (unpaired) electrons. The number of benzene rings is 1. The third-order valence-electron chi connectivity index (χ3n) is 6.66. The molecule has 41 heavy (non-hydrogen) atoms. The number of amides is 1. The highest BCUT2D eigenvalue weighted by Gasteiger charge is 2.69. The maximum atomic E-state index is 13.2. The third kappa shape index (κ3) is 6.22. The Morgan fingerprint density at radius 1 is 1.24 bits per heavy atom. The zero-order chi connectivity index (χ0) is 30.2. The van der Waals surface area contributed by atoms with Crippen molar-refractivity contribution in [2.24, 2.45) is 5.41 Å².